The molecule has 1 saturated carbocycles. The molecule has 2 N–H and O–H groups in total. The Morgan fingerprint density at radius 1 is 1.06 bits per heavy atom. The number of piperidine rings is 1. The Kier molecular flexibility index (Phi) is 5.31. The van der Waals surface area contributed by atoms with Gasteiger partial charge in [0, 0.05) is 11.6 Å². The molecule has 1 unspecified atom stereocenters. The number of aromatic nitrogens is 4. The van der Waals surface area contributed by atoms with Crippen molar-refractivity contribution in [2.24, 2.45) is 0 Å². The molecule has 0 radical (unpaired) electrons. The maximum Gasteiger partial charge on any atom is 0.227 e. The van der Waals surface area contributed by atoms with E-state index in [1.165, 1.54) is 24.0 Å². The van der Waals surface area contributed by atoms with Crippen molar-refractivity contribution in [1.29, 1.82) is 0 Å². The van der Waals surface area contributed by atoms with E-state index < -0.39 is 0 Å². The number of nitrogens with one attached hydrogen (secondary N) is 1. The summed E-state index contributed by atoms with van der Waals surface area (Å²) in [6.45, 7) is 7.39. The topological polar surface area (TPSA) is 88.3 Å². The van der Waals surface area contributed by atoms with Gasteiger partial charge in [-0.2, -0.15) is 5.10 Å². The van der Waals surface area contributed by atoms with E-state index in [0.29, 0.717) is 31.1 Å². The molecule has 2 atom stereocenters. The molecule has 1 aromatic carbocycles. The Morgan fingerprint density at radius 2 is 1.88 bits per heavy atom. The number of benzene rings is 1. The van der Waals surface area contributed by atoms with Gasteiger partial charge in [-0.3, -0.25) is 9.58 Å². The fourth-order valence-electron chi connectivity index (χ4n) is 5.49. The Hall–Kier alpha value is -2.55. The molecule has 174 valence electrons. The van der Waals surface area contributed by atoms with Crippen molar-refractivity contribution < 1.29 is 9.84 Å². The van der Waals surface area contributed by atoms with Crippen LogP contribution in [0.1, 0.15) is 54.5 Å². The number of likely N-dealkylation sites (tertiary alicyclic amines) is 1. The minimum absolute atomic E-state index is 0.151. The van der Waals surface area contributed by atoms with Gasteiger partial charge in [-0.15, -0.1) is 0 Å². The lowest BCUT2D eigenvalue weighted by Crippen LogP contribution is -2.46. The summed E-state index contributed by atoms with van der Waals surface area (Å²) in [5.74, 6) is 1.12. The lowest BCUT2D eigenvalue weighted by Gasteiger charge is -2.37. The third-order valence-electron chi connectivity index (χ3n) is 7.61. The molecule has 6 rings (SSSR count). The highest BCUT2D eigenvalue weighted by Gasteiger charge is 2.34. The van der Waals surface area contributed by atoms with Crippen LogP contribution in [0.25, 0.3) is 10.9 Å². The van der Waals surface area contributed by atoms with Crippen molar-refractivity contribution >= 4 is 22.5 Å². The summed E-state index contributed by atoms with van der Waals surface area (Å²) >= 11 is 0. The van der Waals surface area contributed by atoms with Gasteiger partial charge >= 0.3 is 0 Å². The predicted octanol–water partition coefficient (Wildman–Crippen LogP) is 3.46. The number of anilines is 2. The molecule has 3 fully saturated rings. The van der Waals surface area contributed by atoms with Gasteiger partial charge in [0.1, 0.15) is 0 Å². The van der Waals surface area contributed by atoms with Crippen molar-refractivity contribution in [3.63, 3.8) is 0 Å². The zero-order valence-corrected chi connectivity index (χ0v) is 19.4. The standard InChI is InChI=1S/C25H32N6O2/c1-15-9-18-11-26-25(29-22-12-27-31(16(22)2)19-3-4-19)28-21(18)10-20(15)17-5-7-30(8-6-17)23-13-33-14-24(23)32/h9-12,17,19,23-24,32H,3-8,13-14H2,1-2H3,(H,26,28,29)/t23-,24?/m1/s1. The van der Waals surface area contributed by atoms with Gasteiger partial charge in [-0.05, 0) is 81.8 Å². The first-order valence-corrected chi connectivity index (χ1v) is 12.1. The Balaban J connectivity index is 1.20. The van der Waals surface area contributed by atoms with Crippen LogP contribution in [0.4, 0.5) is 11.6 Å². The van der Waals surface area contributed by atoms with E-state index >= 15 is 0 Å². The minimum atomic E-state index is -0.355. The summed E-state index contributed by atoms with van der Waals surface area (Å²) in [5.41, 5.74) is 5.76. The first-order chi connectivity index (χ1) is 16.1. The second-order valence-corrected chi connectivity index (χ2v) is 9.89. The van der Waals surface area contributed by atoms with Crippen LogP contribution in [0.2, 0.25) is 0 Å². The summed E-state index contributed by atoms with van der Waals surface area (Å²) in [4.78, 5) is 11.8. The molecular formula is C25H32N6O2. The summed E-state index contributed by atoms with van der Waals surface area (Å²) in [5, 5.41) is 19.1. The predicted molar refractivity (Wildman–Crippen MR) is 127 cm³/mol. The summed E-state index contributed by atoms with van der Waals surface area (Å²) < 4.78 is 7.57. The number of rotatable bonds is 5. The second kappa shape index (κ2) is 8.34. The van der Waals surface area contributed by atoms with E-state index in [9.17, 15) is 5.11 Å². The summed E-state index contributed by atoms with van der Waals surface area (Å²) in [6.07, 6.45) is 8.03. The fourth-order valence-corrected chi connectivity index (χ4v) is 5.49. The van der Waals surface area contributed by atoms with Crippen LogP contribution in [0.5, 0.6) is 0 Å². The Bertz CT molecular complexity index is 1170. The number of hydrogen-bond acceptors (Lipinski definition) is 7. The van der Waals surface area contributed by atoms with Gasteiger partial charge < -0.3 is 15.2 Å². The highest BCUT2D eigenvalue weighted by Crippen LogP contribution is 2.37. The lowest BCUT2D eigenvalue weighted by atomic mass is 9.85. The maximum atomic E-state index is 10.2. The summed E-state index contributed by atoms with van der Waals surface area (Å²) in [7, 11) is 0. The maximum absolute atomic E-state index is 10.2. The highest BCUT2D eigenvalue weighted by atomic mass is 16.5. The van der Waals surface area contributed by atoms with E-state index in [1.807, 2.05) is 12.4 Å². The molecule has 3 aliphatic rings. The quantitative estimate of drug-likeness (QED) is 0.618. The fraction of sp³-hybridized carbons (Fsp3) is 0.560. The molecule has 0 bridgehead atoms. The minimum Gasteiger partial charge on any atom is -0.389 e. The zero-order chi connectivity index (χ0) is 22.5. The van der Waals surface area contributed by atoms with Gasteiger partial charge in [-0.1, -0.05) is 0 Å². The molecule has 3 aromatic rings. The van der Waals surface area contributed by atoms with Crippen LogP contribution < -0.4 is 5.32 Å². The molecule has 2 aromatic heterocycles. The van der Waals surface area contributed by atoms with Crippen LogP contribution in [-0.2, 0) is 4.74 Å². The molecule has 0 amide bonds. The number of nitrogens with zero attached hydrogens (tertiary/aromatic N) is 5. The van der Waals surface area contributed by atoms with Crippen molar-refractivity contribution in [1.82, 2.24) is 24.6 Å². The first kappa shape index (κ1) is 21.0. The first-order valence-electron chi connectivity index (χ1n) is 12.1. The van der Waals surface area contributed by atoms with Crippen LogP contribution >= 0.6 is 0 Å². The Labute approximate surface area is 194 Å². The molecule has 2 aliphatic heterocycles. The third-order valence-corrected chi connectivity index (χ3v) is 7.61. The summed E-state index contributed by atoms with van der Waals surface area (Å²) in [6, 6.07) is 5.18. The third kappa shape index (κ3) is 4.00. The van der Waals surface area contributed by atoms with Crippen molar-refractivity contribution in [3.8, 4) is 0 Å². The van der Waals surface area contributed by atoms with E-state index in [1.54, 1.807) is 0 Å². The van der Waals surface area contributed by atoms with E-state index in [4.69, 9.17) is 9.72 Å². The molecule has 4 heterocycles. The molecule has 2 saturated heterocycles. The number of aliphatic hydroxyl groups excluding tert-OH is 1. The average molecular weight is 449 g/mol. The normalized spacial score (nSPS) is 24.6. The zero-order valence-electron chi connectivity index (χ0n) is 19.4. The number of hydrogen-bond donors (Lipinski definition) is 2. The van der Waals surface area contributed by atoms with Crippen LogP contribution in [0.15, 0.2) is 24.5 Å². The van der Waals surface area contributed by atoms with Gasteiger partial charge in [0.2, 0.25) is 5.95 Å². The molecule has 0 spiro atoms. The molecular weight excluding hydrogens is 416 g/mol. The Morgan fingerprint density at radius 3 is 2.61 bits per heavy atom. The lowest BCUT2D eigenvalue weighted by molar-refractivity contribution is 0.0663. The number of aliphatic hydroxyl groups is 1. The molecule has 8 heteroatoms. The van der Waals surface area contributed by atoms with Crippen molar-refractivity contribution in [3.05, 3.63) is 41.3 Å². The second-order valence-electron chi connectivity index (χ2n) is 9.89. The van der Waals surface area contributed by atoms with Gasteiger partial charge in [0.25, 0.3) is 0 Å². The van der Waals surface area contributed by atoms with Gasteiger partial charge in [-0.25, -0.2) is 9.97 Å². The van der Waals surface area contributed by atoms with E-state index in [-0.39, 0.29) is 12.1 Å². The van der Waals surface area contributed by atoms with Gasteiger partial charge in [0.15, 0.2) is 0 Å². The van der Waals surface area contributed by atoms with Crippen molar-refractivity contribution in [2.75, 3.05) is 31.6 Å². The average Bonchev–Trinajstić information content (AvgIpc) is 3.47. The van der Waals surface area contributed by atoms with E-state index in [0.717, 1.165) is 48.2 Å². The number of ether oxygens (including phenoxy) is 1. The molecule has 33 heavy (non-hydrogen) atoms. The SMILES string of the molecule is Cc1cc2cnc(Nc3cnn(C4CC4)c3C)nc2cc1C1CCN([C@@H]2COCC2O)CC1. The largest absolute Gasteiger partial charge is 0.389 e. The van der Waals surface area contributed by atoms with Crippen LogP contribution in [0.3, 0.4) is 0 Å². The number of fused-ring (bicyclic) bond motifs is 1. The molecule has 1 aliphatic carbocycles. The monoisotopic (exact) mass is 448 g/mol. The van der Waals surface area contributed by atoms with Crippen LogP contribution in [-0.4, -0.2) is 68.2 Å². The van der Waals surface area contributed by atoms with Crippen LogP contribution in [0, 0.1) is 13.8 Å². The highest BCUT2D eigenvalue weighted by molar-refractivity contribution is 5.81. The van der Waals surface area contributed by atoms with Crippen molar-refractivity contribution in [2.45, 2.75) is 63.6 Å². The smallest absolute Gasteiger partial charge is 0.227 e. The molecule has 8 nitrogen and oxygen atoms in total. The van der Waals surface area contributed by atoms with E-state index in [2.05, 4.69) is 51.0 Å². The number of aryl methyl sites for hydroxylation is 1. The van der Waals surface area contributed by atoms with Gasteiger partial charge in [0.05, 0.1) is 54.5 Å².